The van der Waals surface area contributed by atoms with Crippen molar-refractivity contribution in [3.8, 4) is 0 Å². The van der Waals surface area contributed by atoms with Crippen LogP contribution in [0.1, 0.15) is 33.6 Å². The normalized spacial score (nSPS) is 27.7. The molecule has 92 valence electrons. The van der Waals surface area contributed by atoms with Gasteiger partial charge >= 0.3 is 5.97 Å². The van der Waals surface area contributed by atoms with Crippen LogP contribution in [0.3, 0.4) is 0 Å². The predicted molar refractivity (Wildman–Crippen MR) is 60.1 cm³/mol. The summed E-state index contributed by atoms with van der Waals surface area (Å²) in [5, 5.41) is 10.9. The van der Waals surface area contributed by atoms with Crippen LogP contribution in [0.2, 0.25) is 0 Å². The molecule has 1 aliphatic heterocycles. The van der Waals surface area contributed by atoms with Crippen LogP contribution >= 0.6 is 0 Å². The van der Waals surface area contributed by atoms with Gasteiger partial charge in [-0.3, -0.25) is 14.5 Å². The van der Waals surface area contributed by atoms with Gasteiger partial charge in [-0.2, -0.15) is 0 Å². The van der Waals surface area contributed by atoms with Gasteiger partial charge in [0.05, 0.1) is 6.04 Å². The first kappa shape index (κ1) is 13.0. The number of carbonyl (C=O) groups is 2. The molecular weight excluding hydrogens is 208 g/mol. The van der Waals surface area contributed by atoms with Gasteiger partial charge in [0.15, 0.2) is 0 Å². The van der Waals surface area contributed by atoms with Crippen LogP contribution in [-0.4, -0.2) is 46.6 Å². The average molecular weight is 228 g/mol. The van der Waals surface area contributed by atoms with Gasteiger partial charge in [0.1, 0.15) is 6.54 Å². The molecule has 0 spiro atoms. The Kier molecular flexibility index (Phi) is 4.29. The number of hydrogen-bond donors (Lipinski definition) is 2. The number of rotatable bonds is 4. The predicted octanol–water partition coefficient (Wildman–Crippen LogP) is 0.449. The van der Waals surface area contributed by atoms with E-state index in [1.54, 1.807) is 0 Å². The lowest BCUT2D eigenvalue weighted by Crippen LogP contribution is -2.49. The van der Waals surface area contributed by atoms with Crippen molar-refractivity contribution in [2.75, 3.05) is 6.54 Å². The van der Waals surface area contributed by atoms with Gasteiger partial charge < -0.3 is 10.4 Å². The van der Waals surface area contributed by atoms with Crippen molar-refractivity contribution in [1.29, 1.82) is 0 Å². The summed E-state index contributed by atoms with van der Waals surface area (Å²) in [6.07, 6.45) is 2.19. The second-order valence-electron chi connectivity index (χ2n) is 4.51. The van der Waals surface area contributed by atoms with E-state index in [-0.39, 0.29) is 18.5 Å². The number of carboxylic acids is 1. The monoisotopic (exact) mass is 228 g/mol. The molecular formula is C11H20N2O3. The molecule has 0 saturated carbocycles. The highest BCUT2D eigenvalue weighted by Gasteiger charge is 2.34. The largest absolute Gasteiger partial charge is 0.480 e. The fourth-order valence-corrected chi connectivity index (χ4v) is 2.42. The van der Waals surface area contributed by atoms with E-state index in [2.05, 4.69) is 24.1 Å². The third kappa shape index (κ3) is 2.95. The van der Waals surface area contributed by atoms with Crippen LogP contribution in [0.15, 0.2) is 0 Å². The molecule has 5 heteroatoms. The molecule has 1 aliphatic rings. The van der Waals surface area contributed by atoms with Gasteiger partial charge in [-0.25, -0.2) is 0 Å². The summed E-state index contributed by atoms with van der Waals surface area (Å²) in [6, 6.07) is 0.521. The van der Waals surface area contributed by atoms with Crippen LogP contribution in [0.5, 0.6) is 0 Å². The number of amides is 1. The van der Waals surface area contributed by atoms with Gasteiger partial charge in [0.2, 0.25) is 5.91 Å². The van der Waals surface area contributed by atoms with Crippen molar-refractivity contribution in [2.45, 2.75) is 51.7 Å². The zero-order valence-electron chi connectivity index (χ0n) is 10.1. The highest BCUT2D eigenvalue weighted by Crippen LogP contribution is 2.25. The van der Waals surface area contributed by atoms with Crippen molar-refractivity contribution in [2.24, 2.45) is 0 Å². The molecule has 1 amide bonds. The van der Waals surface area contributed by atoms with Crippen LogP contribution < -0.4 is 5.32 Å². The molecule has 2 N–H and O–H groups in total. The van der Waals surface area contributed by atoms with Gasteiger partial charge in [0, 0.05) is 12.1 Å². The summed E-state index contributed by atoms with van der Waals surface area (Å²) in [4.78, 5) is 24.2. The van der Waals surface area contributed by atoms with E-state index in [4.69, 9.17) is 5.11 Å². The number of nitrogens with zero attached hydrogens (tertiary/aromatic N) is 1. The molecule has 0 aromatic carbocycles. The number of carboxylic acid groups (broad SMARTS) is 1. The Morgan fingerprint density at radius 1 is 1.38 bits per heavy atom. The molecule has 0 aromatic rings. The van der Waals surface area contributed by atoms with Gasteiger partial charge in [-0.15, -0.1) is 0 Å². The molecule has 1 fully saturated rings. The lowest BCUT2D eigenvalue weighted by atomic mass is 10.2. The first-order valence-corrected chi connectivity index (χ1v) is 5.70. The Labute approximate surface area is 95.8 Å². The highest BCUT2D eigenvalue weighted by atomic mass is 16.4. The minimum Gasteiger partial charge on any atom is -0.480 e. The molecule has 1 heterocycles. The summed E-state index contributed by atoms with van der Waals surface area (Å²) < 4.78 is 0. The molecule has 1 saturated heterocycles. The smallest absolute Gasteiger partial charge is 0.322 e. The SMILES string of the molecule is CC1CCC(C)N1C(C)C(=O)NCC(=O)O. The molecule has 0 aliphatic carbocycles. The first-order chi connectivity index (χ1) is 7.43. The van der Waals surface area contributed by atoms with Crippen molar-refractivity contribution in [3.05, 3.63) is 0 Å². The molecule has 3 unspecified atom stereocenters. The lowest BCUT2D eigenvalue weighted by molar-refractivity contribution is -0.138. The Bertz CT molecular complexity index is 270. The maximum absolute atomic E-state index is 11.7. The second kappa shape index (κ2) is 5.30. The van der Waals surface area contributed by atoms with E-state index in [9.17, 15) is 9.59 Å². The van der Waals surface area contributed by atoms with Crippen molar-refractivity contribution in [1.82, 2.24) is 10.2 Å². The van der Waals surface area contributed by atoms with Crippen molar-refractivity contribution >= 4 is 11.9 Å². The van der Waals surface area contributed by atoms with E-state index in [1.165, 1.54) is 0 Å². The zero-order chi connectivity index (χ0) is 12.3. The van der Waals surface area contributed by atoms with Gasteiger partial charge in [-0.05, 0) is 33.6 Å². The Morgan fingerprint density at radius 3 is 2.31 bits per heavy atom. The molecule has 0 bridgehead atoms. The van der Waals surface area contributed by atoms with E-state index in [0.29, 0.717) is 12.1 Å². The summed E-state index contributed by atoms with van der Waals surface area (Å²) in [7, 11) is 0. The van der Waals surface area contributed by atoms with Crippen molar-refractivity contribution in [3.63, 3.8) is 0 Å². The number of nitrogens with one attached hydrogen (secondary N) is 1. The Balaban J connectivity index is 2.52. The van der Waals surface area contributed by atoms with E-state index in [0.717, 1.165) is 12.8 Å². The maximum atomic E-state index is 11.7. The quantitative estimate of drug-likeness (QED) is 0.733. The van der Waals surface area contributed by atoms with E-state index in [1.807, 2.05) is 6.92 Å². The first-order valence-electron chi connectivity index (χ1n) is 5.70. The fourth-order valence-electron chi connectivity index (χ4n) is 2.42. The average Bonchev–Trinajstić information content (AvgIpc) is 2.54. The minimum absolute atomic E-state index is 0.206. The summed E-state index contributed by atoms with van der Waals surface area (Å²) in [5.74, 6) is -1.22. The van der Waals surface area contributed by atoms with Crippen LogP contribution in [0, 0.1) is 0 Å². The summed E-state index contributed by atoms with van der Waals surface area (Å²) in [6.45, 7) is 5.73. The Morgan fingerprint density at radius 2 is 1.88 bits per heavy atom. The van der Waals surface area contributed by atoms with Gasteiger partial charge in [0.25, 0.3) is 0 Å². The standard InChI is InChI=1S/C11H20N2O3/c1-7-4-5-8(2)13(7)9(3)11(16)12-6-10(14)15/h7-9H,4-6H2,1-3H3,(H,12,16)(H,14,15). The fraction of sp³-hybridized carbons (Fsp3) is 0.818. The van der Waals surface area contributed by atoms with Crippen LogP contribution in [0.4, 0.5) is 0 Å². The van der Waals surface area contributed by atoms with E-state index < -0.39 is 5.97 Å². The number of aliphatic carboxylic acids is 1. The van der Waals surface area contributed by atoms with Crippen LogP contribution in [0.25, 0.3) is 0 Å². The zero-order valence-corrected chi connectivity index (χ0v) is 10.1. The van der Waals surface area contributed by atoms with Gasteiger partial charge in [-0.1, -0.05) is 0 Å². The molecule has 0 radical (unpaired) electrons. The summed E-state index contributed by atoms with van der Waals surface area (Å²) >= 11 is 0. The lowest BCUT2D eigenvalue weighted by Gasteiger charge is -2.31. The number of likely N-dealkylation sites (tertiary alicyclic amines) is 1. The highest BCUT2D eigenvalue weighted by molar-refractivity contribution is 5.84. The number of carbonyl (C=O) groups excluding carboxylic acids is 1. The summed E-state index contributed by atoms with van der Waals surface area (Å²) in [5.41, 5.74) is 0. The molecule has 16 heavy (non-hydrogen) atoms. The topological polar surface area (TPSA) is 69.6 Å². The third-order valence-electron chi connectivity index (χ3n) is 3.26. The number of hydrogen-bond acceptors (Lipinski definition) is 3. The molecule has 1 rings (SSSR count). The Hall–Kier alpha value is -1.10. The molecule has 5 nitrogen and oxygen atoms in total. The van der Waals surface area contributed by atoms with Crippen LogP contribution in [-0.2, 0) is 9.59 Å². The second-order valence-corrected chi connectivity index (χ2v) is 4.51. The molecule has 3 atom stereocenters. The minimum atomic E-state index is -1.01. The maximum Gasteiger partial charge on any atom is 0.322 e. The molecule has 0 aromatic heterocycles. The third-order valence-corrected chi connectivity index (χ3v) is 3.26. The van der Waals surface area contributed by atoms with Crippen molar-refractivity contribution < 1.29 is 14.7 Å². The van der Waals surface area contributed by atoms with E-state index >= 15 is 0 Å².